The quantitative estimate of drug-likeness (QED) is 0.730. The Labute approximate surface area is 126 Å². The molecule has 0 unspecified atom stereocenters. The summed E-state index contributed by atoms with van der Waals surface area (Å²) >= 11 is 0. The number of nitrogens with two attached hydrogens (primary N) is 2. The van der Waals surface area contributed by atoms with Crippen molar-refractivity contribution in [3.05, 3.63) is 65.7 Å². The average Bonchev–Trinajstić information content (AvgIpc) is 2.54. The lowest BCUT2D eigenvalue weighted by Crippen LogP contribution is -2.11. The molecule has 2 aromatic rings. The van der Waals surface area contributed by atoms with Crippen molar-refractivity contribution >= 4 is 0 Å². The third-order valence-electron chi connectivity index (χ3n) is 3.53. The molecule has 0 bridgehead atoms. The second-order valence-corrected chi connectivity index (χ2v) is 5.23. The topological polar surface area (TPSA) is 61.3 Å². The number of ether oxygens (including phenoxy) is 1. The van der Waals surface area contributed by atoms with Crippen molar-refractivity contribution in [2.45, 2.75) is 31.9 Å². The van der Waals surface area contributed by atoms with Crippen LogP contribution in [0.15, 0.2) is 54.6 Å². The number of hydrogen-bond donors (Lipinski definition) is 2. The third kappa shape index (κ3) is 5.21. The maximum atomic E-state index is 6.17. The minimum absolute atomic E-state index is 0.0831. The van der Waals surface area contributed by atoms with Gasteiger partial charge in [-0.05, 0) is 42.6 Å². The minimum atomic E-state index is 0.0831. The van der Waals surface area contributed by atoms with Gasteiger partial charge < -0.3 is 16.2 Å². The van der Waals surface area contributed by atoms with Crippen LogP contribution in [0.4, 0.5) is 0 Å². The second-order valence-electron chi connectivity index (χ2n) is 5.23. The van der Waals surface area contributed by atoms with Crippen molar-refractivity contribution in [2.75, 3.05) is 6.54 Å². The van der Waals surface area contributed by atoms with Crippen LogP contribution in [0.3, 0.4) is 0 Å². The fourth-order valence-corrected chi connectivity index (χ4v) is 2.23. The summed E-state index contributed by atoms with van der Waals surface area (Å²) in [6.45, 7) is 1.32. The van der Waals surface area contributed by atoms with Gasteiger partial charge in [0.1, 0.15) is 12.4 Å². The molecule has 3 nitrogen and oxygen atoms in total. The van der Waals surface area contributed by atoms with Crippen LogP contribution < -0.4 is 16.2 Å². The van der Waals surface area contributed by atoms with Crippen molar-refractivity contribution < 1.29 is 4.74 Å². The highest BCUT2D eigenvalue weighted by molar-refractivity contribution is 5.29. The summed E-state index contributed by atoms with van der Waals surface area (Å²) in [6, 6.07) is 18.3. The van der Waals surface area contributed by atoms with Crippen LogP contribution in [0.1, 0.15) is 36.4 Å². The predicted octanol–water partition coefficient (Wildman–Crippen LogP) is 3.39. The Morgan fingerprint density at radius 2 is 1.62 bits per heavy atom. The molecule has 2 rings (SSSR count). The molecule has 0 amide bonds. The number of hydrogen-bond acceptors (Lipinski definition) is 3. The van der Waals surface area contributed by atoms with Gasteiger partial charge in [0.25, 0.3) is 0 Å². The van der Waals surface area contributed by atoms with E-state index in [-0.39, 0.29) is 6.04 Å². The van der Waals surface area contributed by atoms with Gasteiger partial charge in [0.2, 0.25) is 0 Å². The van der Waals surface area contributed by atoms with E-state index in [1.807, 2.05) is 42.5 Å². The molecule has 0 saturated carbocycles. The molecule has 0 aliphatic rings. The van der Waals surface area contributed by atoms with Crippen LogP contribution >= 0.6 is 0 Å². The molecule has 0 heterocycles. The Morgan fingerprint density at radius 3 is 2.29 bits per heavy atom. The van der Waals surface area contributed by atoms with E-state index in [4.69, 9.17) is 16.2 Å². The zero-order valence-corrected chi connectivity index (χ0v) is 12.4. The molecule has 3 heteroatoms. The van der Waals surface area contributed by atoms with Crippen LogP contribution in [0.5, 0.6) is 5.75 Å². The van der Waals surface area contributed by atoms with Crippen molar-refractivity contribution in [3.63, 3.8) is 0 Å². The van der Waals surface area contributed by atoms with E-state index in [1.165, 1.54) is 5.56 Å². The Kier molecular flexibility index (Phi) is 6.25. The van der Waals surface area contributed by atoms with Crippen molar-refractivity contribution in [2.24, 2.45) is 11.5 Å². The standard InChI is InChI=1S/C18H24N2O/c19-13-5-4-8-18(20)16-9-11-17(12-10-16)21-14-15-6-2-1-3-7-15/h1-3,6-7,9-12,18H,4-5,8,13-14,19-20H2/t18-/m0/s1. The Balaban J connectivity index is 1.84. The van der Waals surface area contributed by atoms with Crippen molar-refractivity contribution in [1.82, 2.24) is 0 Å². The van der Waals surface area contributed by atoms with E-state index < -0.39 is 0 Å². The highest BCUT2D eigenvalue weighted by atomic mass is 16.5. The second kappa shape index (κ2) is 8.45. The fraction of sp³-hybridized carbons (Fsp3) is 0.333. The zero-order valence-electron chi connectivity index (χ0n) is 12.4. The number of rotatable bonds is 8. The van der Waals surface area contributed by atoms with Crippen LogP contribution in [-0.4, -0.2) is 6.54 Å². The molecule has 0 aliphatic carbocycles. The lowest BCUT2D eigenvalue weighted by Gasteiger charge is -2.13. The van der Waals surface area contributed by atoms with Crippen LogP contribution in [0, 0.1) is 0 Å². The first-order valence-corrected chi connectivity index (χ1v) is 7.52. The maximum Gasteiger partial charge on any atom is 0.119 e. The lowest BCUT2D eigenvalue weighted by molar-refractivity contribution is 0.306. The smallest absolute Gasteiger partial charge is 0.119 e. The van der Waals surface area contributed by atoms with E-state index in [1.54, 1.807) is 0 Å². The summed E-state index contributed by atoms with van der Waals surface area (Å²) in [4.78, 5) is 0. The van der Waals surface area contributed by atoms with E-state index in [2.05, 4.69) is 12.1 Å². The molecule has 0 spiro atoms. The maximum absolute atomic E-state index is 6.17. The van der Waals surface area contributed by atoms with Crippen molar-refractivity contribution in [1.29, 1.82) is 0 Å². The third-order valence-corrected chi connectivity index (χ3v) is 3.53. The van der Waals surface area contributed by atoms with Crippen LogP contribution in [-0.2, 0) is 6.61 Å². The molecule has 0 radical (unpaired) electrons. The predicted molar refractivity (Wildman–Crippen MR) is 87.0 cm³/mol. The molecular weight excluding hydrogens is 260 g/mol. The molecule has 0 fully saturated rings. The van der Waals surface area contributed by atoms with Gasteiger partial charge in [-0.15, -0.1) is 0 Å². The van der Waals surface area contributed by atoms with E-state index in [0.29, 0.717) is 6.61 Å². The monoisotopic (exact) mass is 284 g/mol. The Hall–Kier alpha value is -1.84. The first-order chi connectivity index (χ1) is 10.3. The molecule has 112 valence electrons. The average molecular weight is 284 g/mol. The van der Waals surface area contributed by atoms with Gasteiger partial charge in [-0.2, -0.15) is 0 Å². The van der Waals surface area contributed by atoms with E-state index in [9.17, 15) is 0 Å². The largest absolute Gasteiger partial charge is 0.489 e. The summed E-state index contributed by atoms with van der Waals surface area (Å²) in [5.74, 6) is 0.872. The van der Waals surface area contributed by atoms with Crippen LogP contribution in [0.2, 0.25) is 0 Å². The summed E-state index contributed by atoms with van der Waals surface area (Å²) < 4.78 is 5.77. The van der Waals surface area contributed by atoms with Gasteiger partial charge in [0.15, 0.2) is 0 Å². The molecule has 0 aliphatic heterocycles. The molecule has 0 saturated heterocycles. The fourth-order valence-electron chi connectivity index (χ4n) is 2.23. The number of benzene rings is 2. The van der Waals surface area contributed by atoms with Gasteiger partial charge in [-0.25, -0.2) is 0 Å². The first-order valence-electron chi connectivity index (χ1n) is 7.52. The highest BCUT2D eigenvalue weighted by Crippen LogP contribution is 2.20. The SMILES string of the molecule is NCCCC[C@H](N)c1ccc(OCc2ccccc2)cc1. The normalized spacial score (nSPS) is 12.1. The molecular formula is C18H24N2O. The molecule has 21 heavy (non-hydrogen) atoms. The molecule has 0 aromatic heterocycles. The van der Waals surface area contributed by atoms with E-state index in [0.717, 1.165) is 37.1 Å². The number of unbranched alkanes of at least 4 members (excludes halogenated alkanes) is 1. The molecule has 4 N–H and O–H groups in total. The van der Waals surface area contributed by atoms with Gasteiger partial charge in [-0.3, -0.25) is 0 Å². The zero-order chi connectivity index (χ0) is 14.9. The Morgan fingerprint density at radius 1 is 0.905 bits per heavy atom. The summed E-state index contributed by atoms with van der Waals surface area (Å²) in [6.07, 6.45) is 3.08. The van der Waals surface area contributed by atoms with Crippen molar-refractivity contribution in [3.8, 4) is 5.75 Å². The summed E-state index contributed by atoms with van der Waals surface area (Å²) in [5, 5.41) is 0. The summed E-state index contributed by atoms with van der Waals surface area (Å²) in [7, 11) is 0. The minimum Gasteiger partial charge on any atom is -0.489 e. The van der Waals surface area contributed by atoms with E-state index >= 15 is 0 Å². The Bertz CT molecular complexity index is 511. The van der Waals surface area contributed by atoms with Gasteiger partial charge in [0.05, 0.1) is 0 Å². The van der Waals surface area contributed by atoms with Gasteiger partial charge in [-0.1, -0.05) is 48.9 Å². The summed E-state index contributed by atoms with van der Waals surface area (Å²) in [5.41, 5.74) is 14.0. The van der Waals surface area contributed by atoms with Gasteiger partial charge >= 0.3 is 0 Å². The first kappa shape index (κ1) is 15.5. The highest BCUT2D eigenvalue weighted by Gasteiger charge is 2.05. The van der Waals surface area contributed by atoms with Gasteiger partial charge in [0, 0.05) is 6.04 Å². The van der Waals surface area contributed by atoms with Crippen LogP contribution in [0.25, 0.3) is 0 Å². The molecule has 2 aromatic carbocycles. The molecule has 1 atom stereocenters. The lowest BCUT2D eigenvalue weighted by atomic mass is 10.0.